The van der Waals surface area contributed by atoms with Crippen molar-refractivity contribution < 1.29 is 14.3 Å². The van der Waals surface area contributed by atoms with Gasteiger partial charge in [0.05, 0.1) is 25.5 Å². The van der Waals surface area contributed by atoms with Crippen molar-refractivity contribution in [2.45, 2.75) is 31.8 Å². The first-order valence-corrected chi connectivity index (χ1v) is 8.70. The lowest BCUT2D eigenvalue weighted by Crippen LogP contribution is -2.38. The van der Waals surface area contributed by atoms with Gasteiger partial charge in [-0.05, 0) is 31.0 Å². The van der Waals surface area contributed by atoms with E-state index in [4.69, 9.17) is 4.74 Å². The van der Waals surface area contributed by atoms with Crippen LogP contribution in [0.3, 0.4) is 0 Å². The Morgan fingerprint density at radius 1 is 1.35 bits per heavy atom. The van der Waals surface area contributed by atoms with Crippen molar-refractivity contribution in [3.8, 4) is 5.75 Å². The normalized spacial score (nSPS) is 16.0. The van der Waals surface area contributed by atoms with Crippen LogP contribution in [0, 0.1) is 0 Å². The summed E-state index contributed by atoms with van der Waals surface area (Å²) >= 11 is 0. The quantitative estimate of drug-likeness (QED) is 0.780. The van der Waals surface area contributed by atoms with Crippen molar-refractivity contribution in [2.75, 3.05) is 19.0 Å². The van der Waals surface area contributed by atoms with Crippen molar-refractivity contribution in [1.29, 1.82) is 0 Å². The Morgan fingerprint density at radius 3 is 2.96 bits per heavy atom. The van der Waals surface area contributed by atoms with Crippen LogP contribution in [0.5, 0.6) is 5.75 Å². The fourth-order valence-electron chi connectivity index (χ4n) is 3.03. The number of benzene rings is 1. The Morgan fingerprint density at radius 2 is 2.19 bits per heavy atom. The van der Waals surface area contributed by atoms with Crippen LogP contribution in [0.25, 0.3) is 0 Å². The van der Waals surface area contributed by atoms with Crippen molar-refractivity contribution in [3.05, 3.63) is 41.2 Å². The summed E-state index contributed by atoms with van der Waals surface area (Å²) in [5.41, 5.74) is 3.09. The first kappa shape index (κ1) is 16.4. The molecule has 3 N–H and O–H groups in total. The third-order valence-corrected chi connectivity index (χ3v) is 4.70. The third-order valence-electron chi connectivity index (χ3n) is 4.70. The topological polar surface area (TPSA) is 99.4 Å². The van der Waals surface area contributed by atoms with Crippen LogP contribution in [-0.2, 0) is 13.0 Å². The molecule has 2 heterocycles. The van der Waals surface area contributed by atoms with E-state index in [0.717, 1.165) is 30.5 Å². The van der Waals surface area contributed by atoms with Gasteiger partial charge in [-0.3, -0.25) is 9.89 Å². The Bertz CT molecular complexity index is 843. The second-order valence-corrected chi connectivity index (χ2v) is 6.64. The largest absolute Gasteiger partial charge is 0.495 e. The minimum atomic E-state index is -0.227. The van der Waals surface area contributed by atoms with E-state index < -0.39 is 0 Å². The molecule has 1 aliphatic carbocycles. The van der Waals surface area contributed by atoms with Crippen LogP contribution in [0.4, 0.5) is 10.5 Å². The summed E-state index contributed by atoms with van der Waals surface area (Å²) in [7, 11) is 1.54. The lowest BCUT2D eigenvalue weighted by molar-refractivity contribution is 0.0951. The van der Waals surface area contributed by atoms with Gasteiger partial charge in [0.15, 0.2) is 0 Å². The standard InChI is InChI=1S/C18H21N5O3/c1-26-16-5-2-11(17(24)20-13-3-4-13)8-15(16)21-18(25)23-7-6-14-12(10-23)9-19-22-14/h2,5,8-9,13H,3-4,6-7,10H2,1H3,(H,19,22)(H,20,24)(H,21,25). The highest BCUT2D eigenvalue weighted by atomic mass is 16.5. The van der Waals surface area contributed by atoms with Gasteiger partial charge in [-0.15, -0.1) is 0 Å². The molecule has 0 spiro atoms. The summed E-state index contributed by atoms with van der Waals surface area (Å²) < 4.78 is 5.33. The number of carbonyl (C=O) groups excluding carboxylic acids is 2. The highest BCUT2D eigenvalue weighted by Crippen LogP contribution is 2.27. The maximum atomic E-state index is 12.7. The molecule has 1 aliphatic heterocycles. The molecule has 8 nitrogen and oxygen atoms in total. The van der Waals surface area contributed by atoms with Gasteiger partial charge in [-0.2, -0.15) is 5.10 Å². The minimum absolute atomic E-state index is 0.133. The number of H-pyrrole nitrogens is 1. The molecule has 0 saturated heterocycles. The zero-order chi connectivity index (χ0) is 18.1. The molecule has 4 rings (SSSR count). The maximum Gasteiger partial charge on any atom is 0.322 e. The van der Waals surface area contributed by atoms with E-state index in [2.05, 4.69) is 20.8 Å². The molecule has 1 fully saturated rings. The minimum Gasteiger partial charge on any atom is -0.495 e. The number of fused-ring (bicyclic) bond motifs is 1. The number of urea groups is 1. The second-order valence-electron chi connectivity index (χ2n) is 6.64. The fraction of sp³-hybridized carbons (Fsp3) is 0.389. The summed E-state index contributed by atoms with van der Waals surface area (Å²) in [6, 6.07) is 5.10. The number of amides is 3. The molecule has 3 amide bonds. The van der Waals surface area contributed by atoms with Crippen molar-refractivity contribution in [3.63, 3.8) is 0 Å². The molecule has 0 unspecified atom stereocenters. The van der Waals surface area contributed by atoms with Gasteiger partial charge < -0.3 is 20.3 Å². The Balaban J connectivity index is 1.49. The number of hydrogen-bond acceptors (Lipinski definition) is 4. The molecule has 136 valence electrons. The summed E-state index contributed by atoms with van der Waals surface area (Å²) in [5.74, 6) is 0.383. The molecular weight excluding hydrogens is 334 g/mol. The van der Waals surface area contributed by atoms with Crippen LogP contribution >= 0.6 is 0 Å². The van der Waals surface area contributed by atoms with Crippen molar-refractivity contribution in [2.24, 2.45) is 0 Å². The van der Waals surface area contributed by atoms with E-state index >= 15 is 0 Å². The highest BCUT2D eigenvalue weighted by molar-refractivity contribution is 5.98. The van der Waals surface area contributed by atoms with Gasteiger partial charge in [0.1, 0.15) is 5.75 Å². The molecule has 8 heteroatoms. The molecule has 26 heavy (non-hydrogen) atoms. The fourth-order valence-corrected chi connectivity index (χ4v) is 3.03. The summed E-state index contributed by atoms with van der Waals surface area (Å²) in [5, 5.41) is 12.8. The van der Waals surface area contributed by atoms with Crippen LogP contribution in [0.15, 0.2) is 24.4 Å². The van der Waals surface area contributed by atoms with E-state index in [1.807, 2.05) is 0 Å². The smallest absolute Gasteiger partial charge is 0.322 e. The average Bonchev–Trinajstić information content (AvgIpc) is 3.34. The number of aromatic amines is 1. The van der Waals surface area contributed by atoms with Gasteiger partial charge in [0.25, 0.3) is 5.91 Å². The number of hydrogen-bond donors (Lipinski definition) is 3. The lowest BCUT2D eigenvalue weighted by atomic mass is 10.1. The number of nitrogens with zero attached hydrogens (tertiary/aromatic N) is 2. The van der Waals surface area contributed by atoms with E-state index in [1.165, 1.54) is 7.11 Å². The van der Waals surface area contributed by atoms with Gasteiger partial charge in [-0.1, -0.05) is 0 Å². The Labute approximate surface area is 150 Å². The molecular formula is C18H21N5O3. The first-order valence-electron chi connectivity index (χ1n) is 8.70. The molecule has 1 aromatic heterocycles. The molecule has 0 atom stereocenters. The molecule has 1 saturated carbocycles. The summed E-state index contributed by atoms with van der Waals surface area (Å²) in [4.78, 5) is 26.6. The third kappa shape index (κ3) is 3.35. The summed E-state index contributed by atoms with van der Waals surface area (Å²) in [6.07, 6.45) is 4.54. The van der Waals surface area contributed by atoms with E-state index in [-0.39, 0.29) is 18.0 Å². The average molecular weight is 355 g/mol. The highest BCUT2D eigenvalue weighted by Gasteiger charge is 2.25. The number of aromatic nitrogens is 2. The monoisotopic (exact) mass is 355 g/mol. The number of carbonyl (C=O) groups is 2. The number of anilines is 1. The number of rotatable bonds is 4. The molecule has 1 aromatic carbocycles. The van der Waals surface area contributed by atoms with E-state index in [1.54, 1.807) is 29.3 Å². The predicted molar refractivity (Wildman–Crippen MR) is 95.2 cm³/mol. The van der Waals surface area contributed by atoms with Crippen LogP contribution in [0.2, 0.25) is 0 Å². The molecule has 2 aromatic rings. The van der Waals surface area contributed by atoms with Gasteiger partial charge in [0, 0.05) is 35.8 Å². The van der Waals surface area contributed by atoms with Gasteiger partial charge >= 0.3 is 6.03 Å². The lowest BCUT2D eigenvalue weighted by Gasteiger charge is -2.27. The van der Waals surface area contributed by atoms with Gasteiger partial charge in [-0.25, -0.2) is 4.79 Å². The SMILES string of the molecule is COc1ccc(C(=O)NC2CC2)cc1NC(=O)N1CCc2[nH]ncc2C1. The number of methoxy groups -OCH3 is 1. The molecule has 0 bridgehead atoms. The zero-order valence-electron chi connectivity index (χ0n) is 14.5. The second kappa shape index (κ2) is 6.70. The zero-order valence-corrected chi connectivity index (χ0v) is 14.5. The first-order chi connectivity index (χ1) is 12.6. The van der Waals surface area contributed by atoms with Crippen LogP contribution < -0.4 is 15.4 Å². The van der Waals surface area contributed by atoms with E-state index in [0.29, 0.717) is 30.1 Å². The number of ether oxygens (including phenoxy) is 1. The predicted octanol–water partition coefficient (Wildman–Crippen LogP) is 1.90. The summed E-state index contributed by atoms with van der Waals surface area (Å²) in [6.45, 7) is 1.10. The van der Waals surface area contributed by atoms with E-state index in [9.17, 15) is 9.59 Å². The van der Waals surface area contributed by atoms with Crippen LogP contribution in [0.1, 0.15) is 34.5 Å². The van der Waals surface area contributed by atoms with Crippen LogP contribution in [-0.4, -0.2) is 46.7 Å². The van der Waals surface area contributed by atoms with Crippen molar-refractivity contribution in [1.82, 2.24) is 20.4 Å². The Hall–Kier alpha value is -3.03. The van der Waals surface area contributed by atoms with Gasteiger partial charge in [0.2, 0.25) is 0 Å². The molecule has 0 radical (unpaired) electrons. The maximum absolute atomic E-state index is 12.7. The number of nitrogens with one attached hydrogen (secondary N) is 3. The molecule has 2 aliphatic rings. The van der Waals surface area contributed by atoms with Crippen molar-refractivity contribution >= 4 is 17.6 Å². The Kier molecular flexibility index (Phi) is 4.24.